The maximum absolute atomic E-state index is 12.0. The summed E-state index contributed by atoms with van der Waals surface area (Å²) in [7, 11) is 0. The van der Waals surface area contributed by atoms with E-state index in [1.54, 1.807) is 0 Å². The van der Waals surface area contributed by atoms with Crippen LogP contribution in [0.25, 0.3) is 0 Å². The van der Waals surface area contributed by atoms with Gasteiger partial charge in [0.25, 0.3) is 0 Å². The lowest BCUT2D eigenvalue weighted by Crippen LogP contribution is -2.20. The van der Waals surface area contributed by atoms with Crippen LogP contribution in [0.4, 0.5) is 0 Å². The van der Waals surface area contributed by atoms with Crippen molar-refractivity contribution in [3.05, 3.63) is 95.6 Å². The van der Waals surface area contributed by atoms with Crippen LogP contribution in [0.5, 0.6) is 11.5 Å². The van der Waals surface area contributed by atoms with Gasteiger partial charge in [0, 0.05) is 23.0 Å². The predicted molar refractivity (Wildman–Crippen MR) is 99.1 cm³/mol. The number of hydrogen-bond donors (Lipinski definition) is 0. The molecular weight excluding hydrogens is 308 g/mol. The van der Waals surface area contributed by atoms with Gasteiger partial charge in [-0.3, -0.25) is 0 Å². The minimum absolute atomic E-state index is 0.0439. The zero-order valence-corrected chi connectivity index (χ0v) is 14.0. The highest BCUT2D eigenvalue weighted by atomic mass is 16.5. The molecule has 0 aliphatic carbocycles. The normalized spacial score (nSPS) is 14.1. The zero-order chi connectivity index (χ0) is 17.1. The lowest BCUT2D eigenvalue weighted by atomic mass is 9.77. The molecule has 25 heavy (non-hydrogen) atoms. The highest BCUT2D eigenvalue weighted by Gasteiger charge is 2.32. The minimum atomic E-state index is -0.0774. The molecule has 3 aromatic carbocycles. The lowest BCUT2D eigenvalue weighted by Gasteiger charge is -2.31. The molecule has 4 rings (SSSR count). The van der Waals surface area contributed by atoms with Crippen LogP contribution < -0.4 is 4.74 Å². The van der Waals surface area contributed by atoms with Crippen molar-refractivity contribution in [1.82, 2.24) is 0 Å². The fourth-order valence-corrected chi connectivity index (χ4v) is 3.70. The second kappa shape index (κ2) is 6.94. The number of benzene rings is 3. The summed E-state index contributed by atoms with van der Waals surface area (Å²) in [5.74, 6) is 1.68. The second-order valence-electron chi connectivity index (χ2n) is 6.48. The van der Waals surface area contributed by atoms with E-state index in [9.17, 15) is 4.79 Å². The van der Waals surface area contributed by atoms with E-state index in [1.807, 2.05) is 54.6 Å². The first kappa shape index (κ1) is 15.6. The van der Waals surface area contributed by atoms with Gasteiger partial charge in [0.1, 0.15) is 17.8 Å². The molecular formula is C23H20O2. The molecule has 0 saturated carbocycles. The van der Waals surface area contributed by atoms with Gasteiger partial charge >= 0.3 is 0 Å². The van der Waals surface area contributed by atoms with Crippen molar-refractivity contribution in [2.24, 2.45) is 5.92 Å². The first-order chi connectivity index (χ1) is 12.4. The number of hydrogen-bond acceptors (Lipinski definition) is 2. The number of carbonyl (C=O) groups excluding carboxylic acids is 1. The van der Waals surface area contributed by atoms with E-state index in [-0.39, 0.29) is 11.8 Å². The van der Waals surface area contributed by atoms with Gasteiger partial charge in [0.15, 0.2) is 0 Å². The van der Waals surface area contributed by atoms with Crippen molar-refractivity contribution in [1.29, 1.82) is 0 Å². The SMILES string of the molecule is O=CC(CCc1ccccc1)C1c2ccccc2Oc2ccccc21. The average molecular weight is 328 g/mol. The Morgan fingerprint density at radius 1 is 0.800 bits per heavy atom. The molecule has 0 bridgehead atoms. The number of ether oxygens (including phenoxy) is 1. The van der Waals surface area contributed by atoms with Gasteiger partial charge in [-0.2, -0.15) is 0 Å². The highest BCUT2D eigenvalue weighted by molar-refractivity contribution is 5.63. The highest BCUT2D eigenvalue weighted by Crippen LogP contribution is 2.47. The summed E-state index contributed by atoms with van der Waals surface area (Å²) in [4.78, 5) is 12.0. The van der Waals surface area contributed by atoms with Crippen LogP contribution in [-0.4, -0.2) is 6.29 Å². The quantitative estimate of drug-likeness (QED) is 0.588. The number of aldehydes is 1. The third-order valence-electron chi connectivity index (χ3n) is 4.94. The molecule has 1 aliphatic rings. The second-order valence-corrected chi connectivity index (χ2v) is 6.48. The molecule has 0 amide bonds. The van der Waals surface area contributed by atoms with Crippen LogP contribution in [-0.2, 0) is 11.2 Å². The Labute approximate surface area is 148 Å². The largest absolute Gasteiger partial charge is 0.457 e. The summed E-state index contributed by atoms with van der Waals surface area (Å²) in [6.45, 7) is 0. The van der Waals surface area contributed by atoms with Crippen LogP contribution >= 0.6 is 0 Å². The van der Waals surface area contributed by atoms with Gasteiger partial charge in [-0.05, 0) is 30.5 Å². The van der Waals surface area contributed by atoms with Crippen LogP contribution in [0, 0.1) is 5.92 Å². The van der Waals surface area contributed by atoms with E-state index in [2.05, 4.69) is 24.3 Å². The third kappa shape index (κ3) is 3.08. The van der Waals surface area contributed by atoms with Gasteiger partial charge in [0.05, 0.1) is 0 Å². The summed E-state index contributed by atoms with van der Waals surface area (Å²) < 4.78 is 6.05. The average Bonchev–Trinajstić information content (AvgIpc) is 2.68. The Morgan fingerprint density at radius 2 is 1.36 bits per heavy atom. The van der Waals surface area contributed by atoms with E-state index in [0.717, 1.165) is 41.8 Å². The summed E-state index contributed by atoms with van der Waals surface area (Å²) in [5.41, 5.74) is 3.47. The number of aryl methyl sites for hydroxylation is 1. The maximum atomic E-state index is 12.0. The Hall–Kier alpha value is -2.87. The Kier molecular flexibility index (Phi) is 4.34. The van der Waals surface area contributed by atoms with E-state index in [4.69, 9.17) is 4.74 Å². The molecule has 3 aromatic rings. The van der Waals surface area contributed by atoms with Crippen molar-refractivity contribution in [3.8, 4) is 11.5 Å². The van der Waals surface area contributed by atoms with Crippen LogP contribution in [0.15, 0.2) is 78.9 Å². The Bertz CT molecular complexity index is 825. The molecule has 0 fully saturated rings. The summed E-state index contributed by atoms with van der Waals surface area (Å²) in [6, 6.07) is 26.5. The Balaban J connectivity index is 1.68. The van der Waals surface area contributed by atoms with Crippen molar-refractivity contribution < 1.29 is 9.53 Å². The lowest BCUT2D eigenvalue weighted by molar-refractivity contribution is -0.111. The Morgan fingerprint density at radius 3 is 1.96 bits per heavy atom. The van der Waals surface area contributed by atoms with Gasteiger partial charge in [-0.1, -0.05) is 66.7 Å². The van der Waals surface area contributed by atoms with Gasteiger partial charge in [0.2, 0.25) is 0 Å². The van der Waals surface area contributed by atoms with Crippen molar-refractivity contribution in [2.45, 2.75) is 18.8 Å². The minimum Gasteiger partial charge on any atom is -0.457 e. The standard InChI is InChI=1S/C23H20O2/c24-16-18(15-14-17-8-2-1-3-9-17)23-19-10-4-6-12-21(19)25-22-13-7-5-11-20(22)23/h1-13,16,18,23H,14-15H2. The first-order valence-corrected chi connectivity index (χ1v) is 8.72. The van der Waals surface area contributed by atoms with Crippen LogP contribution in [0.2, 0.25) is 0 Å². The molecule has 124 valence electrons. The maximum Gasteiger partial charge on any atom is 0.131 e. The van der Waals surface area contributed by atoms with E-state index >= 15 is 0 Å². The monoisotopic (exact) mass is 328 g/mol. The molecule has 1 aliphatic heterocycles. The van der Waals surface area contributed by atoms with E-state index in [0.29, 0.717) is 0 Å². The smallest absolute Gasteiger partial charge is 0.131 e. The molecule has 1 heterocycles. The fourth-order valence-electron chi connectivity index (χ4n) is 3.70. The van der Waals surface area contributed by atoms with Gasteiger partial charge in [-0.15, -0.1) is 0 Å². The van der Waals surface area contributed by atoms with Crippen LogP contribution in [0.3, 0.4) is 0 Å². The molecule has 0 aromatic heterocycles. The number of para-hydroxylation sites is 2. The zero-order valence-electron chi connectivity index (χ0n) is 14.0. The molecule has 0 radical (unpaired) electrons. The number of rotatable bonds is 5. The van der Waals surface area contributed by atoms with E-state index in [1.165, 1.54) is 5.56 Å². The molecule has 2 heteroatoms. The summed E-state index contributed by atoms with van der Waals surface area (Å²) in [5, 5.41) is 0. The molecule has 1 atom stereocenters. The molecule has 0 N–H and O–H groups in total. The molecule has 1 unspecified atom stereocenters. The van der Waals surface area contributed by atoms with Gasteiger partial charge < -0.3 is 9.53 Å². The van der Waals surface area contributed by atoms with Crippen molar-refractivity contribution >= 4 is 6.29 Å². The first-order valence-electron chi connectivity index (χ1n) is 8.72. The topological polar surface area (TPSA) is 26.3 Å². The number of fused-ring (bicyclic) bond motifs is 2. The summed E-state index contributed by atoms with van der Waals surface area (Å²) >= 11 is 0. The molecule has 0 spiro atoms. The fraction of sp³-hybridized carbons (Fsp3) is 0.174. The van der Waals surface area contributed by atoms with Crippen molar-refractivity contribution in [2.75, 3.05) is 0 Å². The molecule has 2 nitrogen and oxygen atoms in total. The van der Waals surface area contributed by atoms with Crippen molar-refractivity contribution in [3.63, 3.8) is 0 Å². The van der Waals surface area contributed by atoms with Crippen LogP contribution in [0.1, 0.15) is 29.0 Å². The van der Waals surface area contributed by atoms with Gasteiger partial charge in [-0.25, -0.2) is 0 Å². The van der Waals surface area contributed by atoms with E-state index < -0.39 is 0 Å². The third-order valence-corrected chi connectivity index (χ3v) is 4.94. The number of carbonyl (C=O) groups is 1. The molecule has 0 saturated heterocycles. The summed E-state index contributed by atoms with van der Waals surface area (Å²) in [6.07, 6.45) is 2.83. The predicted octanol–water partition coefficient (Wildman–Crippen LogP) is 5.37.